The van der Waals surface area contributed by atoms with Crippen LogP contribution < -0.4 is 11.1 Å². The van der Waals surface area contributed by atoms with Gasteiger partial charge in [-0.1, -0.05) is 25.3 Å². The summed E-state index contributed by atoms with van der Waals surface area (Å²) in [7, 11) is 0. The van der Waals surface area contributed by atoms with Crippen LogP contribution in [0.15, 0.2) is 18.2 Å². The zero-order chi connectivity index (χ0) is 12.3. The summed E-state index contributed by atoms with van der Waals surface area (Å²) in [4.78, 5) is 12.1. The van der Waals surface area contributed by atoms with Crippen molar-refractivity contribution in [1.82, 2.24) is 5.32 Å². The SMILES string of the molecule is Cc1ccc(N)cc1C(=O)NC1CCCCC1.Cl. The lowest BCUT2D eigenvalue weighted by Crippen LogP contribution is -2.36. The molecule has 0 radical (unpaired) electrons. The molecule has 1 aliphatic carbocycles. The Kier molecular flexibility index (Phi) is 5.48. The molecular weight excluding hydrogens is 248 g/mol. The summed E-state index contributed by atoms with van der Waals surface area (Å²) >= 11 is 0. The number of nitrogens with one attached hydrogen (secondary N) is 1. The fraction of sp³-hybridized carbons (Fsp3) is 0.500. The van der Waals surface area contributed by atoms with Crippen LogP contribution in [0.1, 0.15) is 48.0 Å². The van der Waals surface area contributed by atoms with Crippen molar-refractivity contribution in [2.24, 2.45) is 0 Å². The molecule has 1 aliphatic rings. The van der Waals surface area contributed by atoms with Gasteiger partial charge in [-0.2, -0.15) is 0 Å². The fourth-order valence-corrected chi connectivity index (χ4v) is 2.39. The summed E-state index contributed by atoms with van der Waals surface area (Å²) in [5.41, 5.74) is 8.04. The standard InChI is InChI=1S/C14H20N2O.ClH/c1-10-7-8-11(15)9-13(10)14(17)16-12-5-3-2-4-6-12;/h7-9,12H,2-6,15H2,1H3,(H,16,17);1H. The van der Waals surface area contributed by atoms with Crippen LogP contribution in [-0.4, -0.2) is 11.9 Å². The summed E-state index contributed by atoms with van der Waals surface area (Å²) in [6.07, 6.45) is 5.95. The molecule has 0 spiro atoms. The Bertz CT molecular complexity index is 414. The van der Waals surface area contributed by atoms with Gasteiger partial charge in [0.25, 0.3) is 5.91 Å². The van der Waals surface area contributed by atoms with E-state index >= 15 is 0 Å². The zero-order valence-electron chi connectivity index (χ0n) is 10.7. The molecule has 18 heavy (non-hydrogen) atoms. The summed E-state index contributed by atoms with van der Waals surface area (Å²) in [6.45, 7) is 1.94. The van der Waals surface area contributed by atoms with E-state index in [1.807, 2.05) is 19.1 Å². The third kappa shape index (κ3) is 3.64. The first kappa shape index (κ1) is 14.8. The largest absolute Gasteiger partial charge is 0.399 e. The maximum absolute atomic E-state index is 12.1. The van der Waals surface area contributed by atoms with Gasteiger partial charge in [-0.15, -0.1) is 12.4 Å². The Morgan fingerprint density at radius 1 is 1.28 bits per heavy atom. The van der Waals surface area contributed by atoms with Crippen LogP contribution in [-0.2, 0) is 0 Å². The second kappa shape index (κ2) is 6.64. The highest BCUT2D eigenvalue weighted by Crippen LogP contribution is 2.19. The highest BCUT2D eigenvalue weighted by atomic mass is 35.5. The maximum atomic E-state index is 12.1. The first-order chi connectivity index (χ1) is 8.16. The number of carbonyl (C=O) groups is 1. The van der Waals surface area contributed by atoms with Crippen LogP contribution >= 0.6 is 12.4 Å². The van der Waals surface area contributed by atoms with Crippen molar-refractivity contribution < 1.29 is 4.79 Å². The molecule has 2 rings (SSSR count). The number of nitrogens with two attached hydrogens (primary N) is 1. The van der Waals surface area contributed by atoms with E-state index in [0.717, 1.165) is 18.4 Å². The first-order valence-electron chi connectivity index (χ1n) is 6.34. The Hall–Kier alpha value is -1.22. The van der Waals surface area contributed by atoms with Crippen molar-refractivity contribution >= 4 is 24.0 Å². The second-order valence-corrected chi connectivity index (χ2v) is 4.88. The fourth-order valence-electron chi connectivity index (χ4n) is 2.39. The number of rotatable bonds is 2. The zero-order valence-corrected chi connectivity index (χ0v) is 11.6. The number of carbonyl (C=O) groups excluding carboxylic acids is 1. The molecule has 1 saturated carbocycles. The highest BCUT2D eigenvalue weighted by Gasteiger charge is 2.17. The Morgan fingerprint density at radius 2 is 1.94 bits per heavy atom. The Labute approximate surface area is 115 Å². The van der Waals surface area contributed by atoms with Crippen molar-refractivity contribution in [3.63, 3.8) is 0 Å². The van der Waals surface area contributed by atoms with Gasteiger partial charge in [0, 0.05) is 17.3 Å². The minimum absolute atomic E-state index is 0. The molecular formula is C14H21ClN2O. The molecule has 0 aliphatic heterocycles. The summed E-state index contributed by atoms with van der Waals surface area (Å²) in [6, 6.07) is 5.82. The van der Waals surface area contributed by atoms with E-state index in [4.69, 9.17) is 5.73 Å². The van der Waals surface area contributed by atoms with Gasteiger partial charge in [0.1, 0.15) is 0 Å². The number of hydrogen-bond acceptors (Lipinski definition) is 2. The molecule has 1 aromatic carbocycles. The van der Waals surface area contributed by atoms with E-state index in [1.165, 1.54) is 19.3 Å². The van der Waals surface area contributed by atoms with Gasteiger partial charge < -0.3 is 11.1 Å². The van der Waals surface area contributed by atoms with Crippen LogP contribution in [0.2, 0.25) is 0 Å². The molecule has 0 saturated heterocycles. The van der Waals surface area contributed by atoms with Gasteiger partial charge in [0.15, 0.2) is 0 Å². The predicted octanol–water partition coefficient (Wildman–Crippen LogP) is 3.06. The minimum Gasteiger partial charge on any atom is -0.399 e. The van der Waals surface area contributed by atoms with Crippen LogP contribution in [0.3, 0.4) is 0 Å². The summed E-state index contributed by atoms with van der Waals surface area (Å²) in [5, 5.41) is 3.11. The monoisotopic (exact) mass is 268 g/mol. The quantitative estimate of drug-likeness (QED) is 0.810. The van der Waals surface area contributed by atoms with Crippen molar-refractivity contribution in [1.29, 1.82) is 0 Å². The van der Waals surface area contributed by atoms with Crippen molar-refractivity contribution in [3.8, 4) is 0 Å². The molecule has 0 atom stereocenters. The van der Waals surface area contributed by atoms with E-state index in [9.17, 15) is 4.79 Å². The van der Waals surface area contributed by atoms with Gasteiger partial charge in [0.2, 0.25) is 0 Å². The van der Waals surface area contributed by atoms with E-state index in [1.54, 1.807) is 6.07 Å². The predicted molar refractivity (Wildman–Crippen MR) is 77.2 cm³/mol. The topological polar surface area (TPSA) is 55.1 Å². The van der Waals surface area contributed by atoms with Gasteiger partial charge >= 0.3 is 0 Å². The molecule has 0 unspecified atom stereocenters. The molecule has 0 bridgehead atoms. The van der Waals surface area contributed by atoms with Crippen molar-refractivity contribution in [2.45, 2.75) is 45.1 Å². The lowest BCUT2D eigenvalue weighted by Gasteiger charge is -2.23. The van der Waals surface area contributed by atoms with Gasteiger partial charge in [-0.05, 0) is 37.5 Å². The molecule has 4 heteroatoms. The number of hydrogen-bond donors (Lipinski definition) is 2. The Balaban J connectivity index is 0.00000162. The second-order valence-electron chi connectivity index (χ2n) is 4.88. The maximum Gasteiger partial charge on any atom is 0.251 e. The third-order valence-corrected chi connectivity index (χ3v) is 3.45. The molecule has 0 heterocycles. The molecule has 100 valence electrons. The van der Waals surface area contributed by atoms with Gasteiger partial charge in [-0.25, -0.2) is 0 Å². The van der Waals surface area contributed by atoms with E-state index in [-0.39, 0.29) is 18.3 Å². The average Bonchev–Trinajstić information content (AvgIpc) is 2.33. The van der Waals surface area contributed by atoms with Crippen LogP contribution in [0.4, 0.5) is 5.69 Å². The molecule has 3 nitrogen and oxygen atoms in total. The van der Waals surface area contributed by atoms with Crippen LogP contribution in [0, 0.1) is 6.92 Å². The average molecular weight is 269 g/mol. The van der Waals surface area contributed by atoms with Gasteiger partial charge in [0.05, 0.1) is 0 Å². The van der Waals surface area contributed by atoms with E-state index in [0.29, 0.717) is 17.3 Å². The number of nitrogen functional groups attached to an aromatic ring is 1. The highest BCUT2D eigenvalue weighted by molar-refractivity contribution is 5.96. The molecule has 1 fully saturated rings. The number of anilines is 1. The Morgan fingerprint density at radius 3 is 2.61 bits per heavy atom. The number of aryl methyl sites for hydroxylation is 1. The van der Waals surface area contributed by atoms with Crippen molar-refractivity contribution in [2.75, 3.05) is 5.73 Å². The number of halogens is 1. The van der Waals surface area contributed by atoms with Crippen molar-refractivity contribution in [3.05, 3.63) is 29.3 Å². The van der Waals surface area contributed by atoms with Crippen LogP contribution in [0.25, 0.3) is 0 Å². The van der Waals surface area contributed by atoms with Gasteiger partial charge in [-0.3, -0.25) is 4.79 Å². The molecule has 0 aromatic heterocycles. The van der Waals surface area contributed by atoms with E-state index < -0.39 is 0 Å². The molecule has 1 amide bonds. The number of amides is 1. The first-order valence-corrected chi connectivity index (χ1v) is 6.34. The molecule has 1 aromatic rings. The smallest absolute Gasteiger partial charge is 0.251 e. The summed E-state index contributed by atoms with van der Waals surface area (Å²) in [5.74, 6) is 0.0155. The lowest BCUT2D eigenvalue weighted by molar-refractivity contribution is 0.0927. The minimum atomic E-state index is 0. The third-order valence-electron chi connectivity index (χ3n) is 3.45. The normalized spacial score (nSPS) is 15.8. The van der Waals surface area contributed by atoms with E-state index in [2.05, 4.69) is 5.32 Å². The van der Waals surface area contributed by atoms with Crippen LogP contribution in [0.5, 0.6) is 0 Å². The molecule has 3 N–H and O–H groups in total. The lowest BCUT2D eigenvalue weighted by atomic mass is 9.95. The number of benzene rings is 1. The summed E-state index contributed by atoms with van der Waals surface area (Å²) < 4.78 is 0.